The molecule has 1 unspecified atom stereocenters. The zero-order valence-corrected chi connectivity index (χ0v) is 11.8. The van der Waals surface area contributed by atoms with Gasteiger partial charge in [-0.15, -0.1) is 0 Å². The zero-order valence-electron chi connectivity index (χ0n) is 11.8. The summed E-state index contributed by atoms with van der Waals surface area (Å²) in [5.74, 6) is -2.40. The van der Waals surface area contributed by atoms with E-state index in [0.717, 1.165) is 37.8 Å². The molecule has 1 aliphatic carbocycles. The number of aliphatic hydroxyl groups is 1. The van der Waals surface area contributed by atoms with Crippen LogP contribution in [0.1, 0.15) is 37.4 Å². The van der Waals surface area contributed by atoms with Crippen molar-refractivity contribution in [3.63, 3.8) is 0 Å². The van der Waals surface area contributed by atoms with Crippen LogP contribution in [-0.2, 0) is 4.79 Å². The van der Waals surface area contributed by atoms with Crippen LogP contribution < -0.4 is 5.73 Å². The zero-order chi connectivity index (χ0) is 15.4. The summed E-state index contributed by atoms with van der Waals surface area (Å²) in [5.41, 5.74) is 5.54. The van der Waals surface area contributed by atoms with Gasteiger partial charge in [0, 0.05) is 12.6 Å². The second kappa shape index (κ2) is 6.95. The van der Waals surface area contributed by atoms with E-state index in [1.54, 1.807) is 0 Å². The van der Waals surface area contributed by atoms with Gasteiger partial charge in [0.2, 0.25) is 5.91 Å². The molecule has 2 rings (SSSR count). The third-order valence-electron chi connectivity index (χ3n) is 3.94. The Morgan fingerprint density at radius 3 is 2.57 bits per heavy atom. The smallest absolute Gasteiger partial charge is 0.231 e. The van der Waals surface area contributed by atoms with Crippen molar-refractivity contribution in [1.82, 2.24) is 4.90 Å². The summed E-state index contributed by atoms with van der Waals surface area (Å²) in [7, 11) is 0. The van der Waals surface area contributed by atoms with Gasteiger partial charge >= 0.3 is 0 Å². The van der Waals surface area contributed by atoms with E-state index in [2.05, 4.69) is 0 Å². The van der Waals surface area contributed by atoms with E-state index in [9.17, 15) is 18.7 Å². The number of hydrogen-bond acceptors (Lipinski definition) is 3. The third-order valence-corrected chi connectivity index (χ3v) is 3.94. The lowest BCUT2D eigenvalue weighted by Crippen LogP contribution is -2.42. The number of carbonyl (C=O) groups excluding carboxylic acids is 1. The van der Waals surface area contributed by atoms with E-state index in [1.165, 1.54) is 6.07 Å². The fourth-order valence-corrected chi connectivity index (χ4v) is 2.86. The number of halogens is 2. The van der Waals surface area contributed by atoms with E-state index < -0.39 is 23.6 Å². The molecule has 21 heavy (non-hydrogen) atoms. The van der Waals surface area contributed by atoms with Gasteiger partial charge in [0.15, 0.2) is 11.6 Å². The lowest BCUT2D eigenvalue weighted by molar-refractivity contribution is -0.120. The lowest BCUT2D eigenvalue weighted by atomic mass is 10.1. The van der Waals surface area contributed by atoms with E-state index in [4.69, 9.17) is 5.73 Å². The Bertz CT molecular complexity index is 504. The average molecular weight is 298 g/mol. The van der Waals surface area contributed by atoms with Crippen LogP contribution in [0.4, 0.5) is 8.78 Å². The van der Waals surface area contributed by atoms with Crippen LogP contribution in [0.2, 0.25) is 0 Å². The van der Waals surface area contributed by atoms with Crippen molar-refractivity contribution in [2.24, 2.45) is 5.73 Å². The molecule has 0 saturated heterocycles. The lowest BCUT2D eigenvalue weighted by Gasteiger charge is -2.29. The Morgan fingerprint density at radius 2 is 2.00 bits per heavy atom. The SMILES string of the molecule is NC(=O)CN(CC(O)c1ccc(F)c(F)c1)C1CCCC1. The fraction of sp³-hybridized carbons (Fsp3) is 0.533. The van der Waals surface area contributed by atoms with Crippen LogP contribution in [0.5, 0.6) is 0 Å². The first kappa shape index (κ1) is 15.9. The van der Waals surface area contributed by atoms with E-state index in [0.29, 0.717) is 5.56 Å². The predicted octanol–water partition coefficient (Wildman–Crippen LogP) is 1.73. The van der Waals surface area contributed by atoms with Crippen molar-refractivity contribution in [2.75, 3.05) is 13.1 Å². The highest BCUT2D eigenvalue weighted by Gasteiger charge is 2.26. The van der Waals surface area contributed by atoms with Crippen LogP contribution in [0.15, 0.2) is 18.2 Å². The summed E-state index contributed by atoms with van der Waals surface area (Å²) in [5, 5.41) is 10.2. The minimum atomic E-state index is -0.992. The first-order valence-corrected chi connectivity index (χ1v) is 7.12. The molecule has 3 N–H and O–H groups in total. The monoisotopic (exact) mass is 298 g/mol. The number of benzene rings is 1. The normalized spacial score (nSPS) is 17.3. The first-order valence-electron chi connectivity index (χ1n) is 7.12. The van der Waals surface area contributed by atoms with E-state index in [1.807, 2.05) is 4.90 Å². The van der Waals surface area contributed by atoms with Crippen LogP contribution in [0.25, 0.3) is 0 Å². The molecule has 116 valence electrons. The Labute approximate surface area is 122 Å². The Kier molecular flexibility index (Phi) is 5.25. The van der Waals surface area contributed by atoms with Crippen molar-refractivity contribution in [3.8, 4) is 0 Å². The highest BCUT2D eigenvalue weighted by Crippen LogP contribution is 2.26. The van der Waals surface area contributed by atoms with Gasteiger partial charge in [0.25, 0.3) is 0 Å². The second-order valence-corrected chi connectivity index (χ2v) is 5.52. The molecule has 1 aromatic rings. The molecule has 0 aliphatic heterocycles. The maximum atomic E-state index is 13.2. The second-order valence-electron chi connectivity index (χ2n) is 5.52. The van der Waals surface area contributed by atoms with Gasteiger partial charge in [-0.25, -0.2) is 8.78 Å². The molecule has 1 atom stereocenters. The van der Waals surface area contributed by atoms with Crippen LogP contribution in [0, 0.1) is 11.6 Å². The molecule has 1 aromatic carbocycles. The van der Waals surface area contributed by atoms with Crippen LogP contribution in [-0.4, -0.2) is 35.0 Å². The van der Waals surface area contributed by atoms with Gasteiger partial charge in [-0.05, 0) is 30.5 Å². The van der Waals surface area contributed by atoms with Gasteiger partial charge in [0.1, 0.15) is 0 Å². The molecule has 0 radical (unpaired) electrons. The van der Waals surface area contributed by atoms with Crippen molar-refractivity contribution in [1.29, 1.82) is 0 Å². The van der Waals surface area contributed by atoms with Crippen molar-refractivity contribution in [3.05, 3.63) is 35.4 Å². The van der Waals surface area contributed by atoms with Gasteiger partial charge in [0.05, 0.1) is 12.6 Å². The Balaban J connectivity index is 2.07. The van der Waals surface area contributed by atoms with Crippen molar-refractivity contribution in [2.45, 2.75) is 37.8 Å². The van der Waals surface area contributed by atoms with Gasteiger partial charge < -0.3 is 10.8 Å². The van der Waals surface area contributed by atoms with Gasteiger partial charge in [-0.3, -0.25) is 9.69 Å². The number of carbonyl (C=O) groups is 1. The standard InChI is InChI=1S/C15H20F2N2O2/c16-12-6-5-10(7-13(12)17)14(20)8-19(9-15(18)21)11-3-1-2-4-11/h5-7,11,14,20H,1-4,8-9H2,(H2,18,21). The number of nitrogens with zero attached hydrogens (tertiary/aromatic N) is 1. The first-order chi connectivity index (χ1) is 9.97. The summed E-state index contributed by atoms with van der Waals surface area (Å²) in [6, 6.07) is 3.52. The Morgan fingerprint density at radius 1 is 1.33 bits per heavy atom. The number of hydrogen-bond donors (Lipinski definition) is 2. The molecule has 1 aliphatic rings. The molecular formula is C15H20F2N2O2. The largest absolute Gasteiger partial charge is 0.387 e. The molecule has 4 nitrogen and oxygen atoms in total. The molecule has 0 bridgehead atoms. The quantitative estimate of drug-likeness (QED) is 0.840. The highest BCUT2D eigenvalue weighted by atomic mass is 19.2. The number of amides is 1. The van der Waals surface area contributed by atoms with Crippen LogP contribution >= 0.6 is 0 Å². The number of nitrogens with two attached hydrogens (primary N) is 1. The molecular weight excluding hydrogens is 278 g/mol. The number of rotatable bonds is 6. The maximum absolute atomic E-state index is 13.2. The van der Waals surface area contributed by atoms with Crippen LogP contribution in [0.3, 0.4) is 0 Å². The van der Waals surface area contributed by atoms with Crippen molar-refractivity contribution >= 4 is 5.91 Å². The maximum Gasteiger partial charge on any atom is 0.231 e. The Hall–Kier alpha value is -1.53. The summed E-state index contributed by atoms with van der Waals surface area (Å²) in [4.78, 5) is 13.0. The molecule has 6 heteroatoms. The minimum absolute atomic E-state index is 0.0609. The summed E-state index contributed by atoms with van der Waals surface area (Å²) >= 11 is 0. The highest BCUT2D eigenvalue weighted by molar-refractivity contribution is 5.76. The number of aliphatic hydroxyl groups excluding tert-OH is 1. The summed E-state index contributed by atoms with van der Waals surface area (Å²) in [6.45, 7) is 0.240. The molecule has 1 fully saturated rings. The minimum Gasteiger partial charge on any atom is -0.387 e. The summed E-state index contributed by atoms with van der Waals surface area (Å²) < 4.78 is 26.1. The molecule has 0 heterocycles. The molecule has 0 spiro atoms. The number of primary amides is 1. The van der Waals surface area contributed by atoms with E-state index >= 15 is 0 Å². The van der Waals surface area contributed by atoms with Gasteiger partial charge in [-0.2, -0.15) is 0 Å². The molecule has 0 aromatic heterocycles. The topological polar surface area (TPSA) is 66.6 Å². The fourth-order valence-electron chi connectivity index (χ4n) is 2.86. The molecule has 1 amide bonds. The molecule has 1 saturated carbocycles. The van der Waals surface area contributed by atoms with E-state index in [-0.39, 0.29) is 19.1 Å². The average Bonchev–Trinajstić information content (AvgIpc) is 2.94. The van der Waals surface area contributed by atoms with Gasteiger partial charge in [-0.1, -0.05) is 18.9 Å². The van der Waals surface area contributed by atoms with Crippen molar-refractivity contribution < 1.29 is 18.7 Å². The summed E-state index contributed by atoms with van der Waals surface area (Å²) in [6.07, 6.45) is 3.10. The third kappa shape index (κ3) is 4.22. The predicted molar refractivity (Wildman–Crippen MR) is 74.3 cm³/mol.